The van der Waals surface area contributed by atoms with Crippen molar-refractivity contribution in [2.24, 2.45) is 0 Å². The number of benzene rings is 2. The quantitative estimate of drug-likeness (QED) is 0.730. The second-order valence-corrected chi connectivity index (χ2v) is 5.05. The van der Waals surface area contributed by atoms with Gasteiger partial charge in [-0.25, -0.2) is 9.18 Å². The van der Waals surface area contributed by atoms with Crippen LogP contribution in [0.2, 0.25) is 0 Å². The number of hydrogen-bond donors (Lipinski definition) is 3. The highest BCUT2D eigenvalue weighted by Crippen LogP contribution is 2.32. The summed E-state index contributed by atoms with van der Waals surface area (Å²) in [5.41, 5.74) is 6.30. The van der Waals surface area contributed by atoms with E-state index in [9.17, 15) is 9.18 Å². The monoisotopic (exact) mass is 354 g/mol. The molecule has 0 aliphatic heterocycles. The van der Waals surface area contributed by atoms with Crippen molar-refractivity contribution in [3.8, 4) is 5.75 Å². The topological polar surface area (TPSA) is 84.6 Å². The van der Waals surface area contributed by atoms with Gasteiger partial charge in [-0.2, -0.15) is 0 Å². The van der Waals surface area contributed by atoms with Crippen molar-refractivity contribution >= 4 is 39.0 Å². The van der Waals surface area contributed by atoms with Crippen LogP contribution in [-0.4, -0.2) is 18.2 Å². The van der Waals surface area contributed by atoms with E-state index in [-0.39, 0.29) is 11.4 Å². The summed E-state index contributed by atoms with van der Waals surface area (Å²) in [6.45, 7) is 0. The molecule has 0 heterocycles. The maximum absolute atomic E-state index is 13.7. The molecule has 0 fully saturated rings. The van der Waals surface area contributed by atoms with Crippen LogP contribution in [0, 0.1) is 5.82 Å². The van der Waals surface area contributed by atoms with Gasteiger partial charge in [0, 0.05) is 16.6 Å². The summed E-state index contributed by atoms with van der Waals surface area (Å²) in [6.07, 6.45) is 0. The Bertz CT molecular complexity index is 707. The fourth-order valence-electron chi connectivity index (χ4n) is 1.73. The summed E-state index contributed by atoms with van der Waals surface area (Å²) >= 11 is 3.35. The number of hydrogen-bond acceptors (Lipinski definition) is 4. The number of carboxylic acid groups (broad SMARTS) is 1. The highest BCUT2D eigenvalue weighted by molar-refractivity contribution is 9.10. The van der Waals surface area contributed by atoms with Gasteiger partial charge in [-0.1, -0.05) is 0 Å². The Morgan fingerprint density at radius 1 is 1.33 bits per heavy atom. The lowest BCUT2D eigenvalue weighted by molar-refractivity contribution is 0.0692. The predicted molar refractivity (Wildman–Crippen MR) is 81.7 cm³/mol. The van der Waals surface area contributed by atoms with Gasteiger partial charge in [-0.05, 0) is 34.1 Å². The molecule has 7 heteroatoms. The van der Waals surface area contributed by atoms with E-state index < -0.39 is 17.3 Å². The van der Waals surface area contributed by atoms with E-state index in [1.165, 1.54) is 7.11 Å². The van der Waals surface area contributed by atoms with Crippen molar-refractivity contribution in [1.29, 1.82) is 0 Å². The molecule has 0 aliphatic rings. The van der Waals surface area contributed by atoms with Gasteiger partial charge in [0.1, 0.15) is 11.6 Å². The molecule has 21 heavy (non-hydrogen) atoms. The van der Waals surface area contributed by atoms with Crippen molar-refractivity contribution in [3.63, 3.8) is 0 Å². The average Bonchev–Trinajstić information content (AvgIpc) is 2.44. The van der Waals surface area contributed by atoms with Gasteiger partial charge >= 0.3 is 5.97 Å². The number of nitrogens with two attached hydrogens (primary N) is 1. The van der Waals surface area contributed by atoms with E-state index >= 15 is 0 Å². The minimum absolute atomic E-state index is 0.128. The largest absolute Gasteiger partial charge is 0.497 e. The van der Waals surface area contributed by atoms with Crippen LogP contribution in [-0.2, 0) is 0 Å². The Morgan fingerprint density at radius 3 is 2.67 bits per heavy atom. The molecule has 0 aliphatic carbocycles. The zero-order valence-electron chi connectivity index (χ0n) is 11.0. The number of carbonyl (C=O) groups is 1. The Hall–Kier alpha value is -2.28. The molecule has 0 saturated heterocycles. The van der Waals surface area contributed by atoms with Crippen molar-refractivity contribution in [1.82, 2.24) is 0 Å². The SMILES string of the molecule is COc1ccc(Br)c(Nc2cc(F)c(C(=O)O)cc2N)c1. The van der Waals surface area contributed by atoms with Gasteiger partial charge in [-0.3, -0.25) is 0 Å². The number of anilines is 3. The zero-order chi connectivity index (χ0) is 15.6. The van der Waals surface area contributed by atoms with E-state index in [4.69, 9.17) is 15.6 Å². The van der Waals surface area contributed by atoms with E-state index in [0.29, 0.717) is 11.4 Å². The van der Waals surface area contributed by atoms with Gasteiger partial charge in [0.05, 0.1) is 29.7 Å². The molecular weight excluding hydrogens is 343 g/mol. The normalized spacial score (nSPS) is 10.2. The van der Waals surface area contributed by atoms with Crippen molar-refractivity contribution in [2.45, 2.75) is 0 Å². The van der Waals surface area contributed by atoms with E-state index in [0.717, 1.165) is 16.6 Å². The molecule has 0 radical (unpaired) electrons. The summed E-state index contributed by atoms with van der Waals surface area (Å²) in [4.78, 5) is 10.8. The molecule has 0 saturated carbocycles. The standard InChI is InChI=1S/C14H12BrFN2O3/c1-21-7-2-3-9(15)12(4-7)18-13-6-10(16)8(14(19)20)5-11(13)17/h2-6,18H,17H2,1H3,(H,19,20). The maximum atomic E-state index is 13.7. The number of ether oxygens (including phenoxy) is 1. The van der Waals surface area contributed by atoms with Crippen molar-refractivity contribution in [3.05, 3.63) is 46.2 Å². The number of aromatic carboxylic acids is 1. The molecule has 0 unspecified atom stereocenters. The maximum Gasteiger partial charge on any atom is 0.338 e. The average molecular weight is 355 g/mol. The van der Waals surface area contributed by atoms with Crippen LogP contribution in [0.1, 0.15) is 10.4 Å². The number of nitrogens with one attached hydrogen (secondary N) is 1. The van der Waals surface area contributed by atoms with Gasteiger partial charge in [0.15, 0.2) is 0 Å². The molecule has 0 aromatic heterocycles. The smallest absolute Gasteiger partial charge is 0.338 e. The molecule has 2 aromatic carbocycles. The highest BCUT2D eigenvalue weighted by atomic mass is 79.9. The molecule has 5 nitrogen and oxygen atoms in total. The molecule has 0 bridgehead atoms. The second-order valence-electron chi connectivity index (χ2n) is 4.20. The molecule has 2 aromatic rings. The molecule has 0 spiro atoms. The first-order valence-electron chi connectivity index (χ1n) is 5.85. The number of nitrogen functional groups attached to an aromatic ring is 1. The van der Waals surface area contributed by atoms with Gasteiger partial charge in [-0.15, -0.1) is 0 Å². The summed E-state index contributed by atoms with van der Waals surface area (Å²) in [5.74, 6) is -1.62. The number of halogens is 2. The van der Waals surface area contributed by atoms with Gasteiger partial charge < -0.3 is 20.9 Å². The summed E-state index contributed by atoms with van der Waals surface area (Å²) in [6, 6.07) is 7.34. The Labute approximate surface area is 128 Å². The third kappa shape index (κ3) is 3.25. The fourth-order valence-corrected chi connectivity index (χ4v) is 2.08. The minimum atomic E-state index is -1.37. The Balaban J connectivity index is 2.40. The van der Waals surface area contributed by atoms with Crippen LogP contribution in [0.4, 0.5) is 21.5 Å². The third-order valence-corrected chi connectivity index (χ3v) is 3.50. The van der Waals surface area contributed by atoms with E-state index in [1.54, 1.807) is 18.2 Å². The molecule has 2 rings (SSSR count). The minimum Gasteiger partial charge on any atom is -0.497 e. The molecular formula is C14H12BrFN2O3. The number of methoxy groups -OCH3 is 1. The first-order valence-corrected chi connectivity index (χ1v) is 6.64. The summed E-state index contributed by atoms with van der Waals surface area (Å²) < 4.78 is 19.6. The Morgan fingerprint density at radius 2 is 2.05 bits per heavy atom. The zero-order valence-corrected chi connectivity index (χ0v) is 12.6. The fraction of sp³-hybridized carbons (Fsp3) is 0.0714. The number of rotatable bonds is 4. The third-order valence-electron chi connectivity index (χ3n) is 2.81. The predicted octanol–water partition coefficient (Wildman–Crippen LogP) is 3.62. The van der Waals surface area contributed by atoms with Gasteiger partial charge in [0.2, 0.25) is 0 Å². The van der Waals surface area contributed by atoms with Crippen LogP contribution >= 0.6 is 15.9 Å². The lowest BCUT2D eigenvalue weighted by atomic mass is 10.1. The van der Waals surface area contributed by atoms with Crippen LogP contribution in [0.15, 0.2) is 34.8 Å². The molecule has 0 amide bonds. The highest BCUT2D eigenvalue weighted by Gasteiger charge is 2.14. The number of carboxylic acids is 1. The summed E-state index contributed by atoms with van der Waals surface area (Å²) in [5, 5.41) is 11.8. The second kappa shape index (κ2) is 6.01. The van der Waals surface area contributed by atoms with Crippen molar-refractivity contribution < 1.29 is 19.0 Å². The van der Waals surface area contributed by atoms with Crippen LogP contribution in [0.5, 0.6) is 5.75 Å². The van der Waals surface area contributed by atoms with E-state index in [2.05, 4.69) is 21.2 Å². The van der Waals surface area contributed by atoms with E-state index in [1.807, 2.05) is 0 Å². The molecule has 4 N–H and O–H groups in total. The molecule has 110 valence electrons. The lowest BCUT2D eigenvalue weighted by Gasteiger charge is -2.13. The molecule has 0 atom stereocenters. The lowest BCUT2D eigenvalue weighted by Crippen LogP contribution is -2.05. The van der Waals surface area contributed by atoms with Gasteiger partial charge in [0.25, 0.3) is 0 Å². The Kier molecular flexibility index (Phi) is 4.32. The van der Waals surface area contributed by atoms with Crippen LogP contribution in [0.25, 0.3) is 0 Å². The van der Waals surface area contributed by atoms with Crippen molar-refractivity contribution in [2.75, 3.05) is 18.2 Å². The first-order chi connectivity index (χ1) is 9.92. The van der Waals surface area contributed by atoms with Crippen LogP contribution < -0.4 is 15.8 Å². The first kappa shape index (κ1) is 15.1. The summed E-state index contributed by atoms with van der Waals surface area (Å²) in [7, 11) is 1.53. The van der Waals surface area contributed by atoms with Crippen LogP contribution in [0.3, 0.4) is 0 Å².